The van der Waals surface area contributed by atoms with E-state index >= 15 is 0 Å². The Kier molecular flexibility index (Phi) is 1.99. The van der Waals surface area contributed by atoms with Crippen LogP contribution in [0.25, 0.3) is 0 Å². The Labute approximate surface area is 78.9 Å². The summed E-state index contributed by atoms with van der Waals surface area (Å²) < 4.78 is 22.3. The van der Waals surface area contributed by atoms with Gasteiger partial charge in [-0.05, 0) is 17.7 Å². The molecule has 1 heterocycles. The standard InChI is InChI=1S/C9H7FO4/c10-3-5-1-6(9(11)12)8-7(2-5)13-4-14-8/h1-2H,3-4H2,(H,11,12). The molecule has 1 aliphatic heterocycles. The first-order chi connectivity index (χ1) is 6.72. The zero-order valence-electron chi connectivity index (χ0n) is 7.12. The summed E-state index contributed by atoms with van der Waals surface area (Å²) in [7, 11) is 0. The molecular formula is C9H7FO4. The predicted molar refractivity (Wildman–Crippen MR) is 44.3 cm³/mol. The zero-order valence-corrected chi connectivity index (χ0v) is 7.12. The highest BCUT2D eigenvalue weighted by Gasteiger charge is 2.22. The van der Waals surface area contributed by atoms with E-state index in [0.29, 0.717) is 0 Å². The van der Waals surface area contributed by atoms with Crippen LogP contribution in [0, 0.1) is 0 Å². The number of alkyl halides is 1. The number of hydrogen-bond acceptors (Lipinski definition) is 3. The lowest BCUT2D eigenvalue weighted by atomic mass is 10.1. The first-order valence-electron chi connectivity index (χ1n) is 3.94. The Morgan fingerprint density at radius 3 is 2.93 bits per heavy atom. The topological polar surface area (TPSA) is 55.8 Å². The van der Waals surface area contributed by atoms with Crippen molar-refractivity contribution in [2.24, 2.45) is 0 Å². The average molecular weight is 198 g/mol. The van der Waals surface area contributed by atoms with Crippen LogP contribution in [0.4, 0.5) is 4.39 Å². The van der Waals surface area contributed by atoms with Crippen molar-refractivity contribution in [2.45, 2.75) is 6.67 Å². The Morgan fingerprint density at radius 2 is 2.29 bits per heavy atom. The van der Waals surface area contributed by atoms with Gasteiger partial charge in [-0.25, -0.2) is 9.18 Å². The normalized spacial score (nSPS) is 12.9. The molecule has 1 aromatic rings. The van der Waals surface area contributed by atoms with Gasteiger partial charge in [-0.15, -0.1) is 0 Å². The molecule has 0 fully saturated rings. The second-order valence-corrected chi connectivity index (χ2v) is 2.82. The van der Waals surface area contributed by atoms with Crippen LogP contribution in [0.2, 0.25) is 0 Å². The molecular weight excluding hydrogens is 191 g/mol. The van der Waals surface area contributed by atoms with Gasteiger partial charge in [0.15, 0.2) is 11.5 Å². The van der Waals surface area contributed by atoms with Crippen molar-refractivity contribution in [2.75, 3.05) is 6.79 Å². The molecule has 5 heteroatoms. The summed E-state index contributed by atoms with van der Waals surface area (Å²) in [5.74, 6) is -0.686. The maximum atomic E-state index is 12.3. The molecule has 0 saturated carbocycles. The molecule has 0 unspecified atom stereocenters. The Hall–Kier alpha value is -1.78. The number of rotatable bonds is 2. The molecule has 14 heavy (non-hydrogen) atoms. The molecule has 0 atom stereocenters. The maximum absolute atomic E-state index is 12.3. The van der Waals surface area contributed by atoms with Crippen LogP contribution in [0.5, 0.6) is 11.5 Å². The fraction of sp³-hybridized carbons (Fsp3) is 0.222. The summed E-state index contributed by atoms with van der Waals surface area (Å²) in [5, 5.41) is 8.81. The Bertz CT molecular complexity index is 389. The molecule has 1 aliphatic rings. The fourth-order valence-electron chi connectivity index (χ4n) is 1.30. The fourth-order valence-corrected chi connectivity index (χ4v) is 1.30. The van der Waals surface area contributed by atoms with Crippen LogP contribution in [0.15, 0.2) is 12.1 Å². The predicted octanol–water partition coefficient (Wildman–Crippen LogP) is 1.58. The number of ether oxygens (including phenoxy) is 2. The van der Waals surface area contributed by atoms with Crippen molar-refractivity contribution in [1.82, 2.24) is 0 Å². The van der Waals surface area contributed by atoms with Crippen molar-refractivity contribution < 1.29 is 23.8 Å². The lowest BCUT2D eigenvalue weighted by molar-refractivity contribution is 0.0692. The summed E-state index contributed by atoms with van der Waals surface area (Å²) in [4.78, 5) is 10.8. The molecule has 0 aromatic heterocycles. The highest BCUT2D eigenvalue weighted by atomic mass is 19.1. The van der Waals surface area contributed by atoms with Crippen LogP contribution in [-0.4, -0.2) is 17.9 Å². The van der Waals surface area contributed by atoms with E-state index in [4.69, 9.17) is 14.6 Å². The number of aromatic carboxylic acids is 1. The van der Waals surface area contributed by atoms with Crippen molar-refractivity contribution >= 4 is 5.97 Å². The van der Waals surface area contributed by atoms with Crippen molar-refractivity contribution in [1.29, 1.82) is 0 Å². The van der Waals surface area contributed by atoms with Crippen molar-refractivity contribution in [3.63, 3.8) is 0 Å². The van der Waals surface area contributed by atoms with Gasteiger partial charge in [0.25, 0.3) is 0 Å². The summed E-state index contributed by atoms with van der Waals surface area (Å²) in [6.07, 6.45) is 0. The minimum Gasteiger partial charge on any atom is -0.478 e. The van der Waals surface area contributed by atoms with Crippen LogP contribution in [0.3, 0.4) is 0 Å². The second-order valence-electron chi connectivity index (χ2n) is 2.82. The molecule has 74 valence electrons. The molecule has 0 saturated heterocycles. The lowest BCUT2D eigenvalue weighted by Crippen LogP contribution is -2.00. The number of carbonyl (C=O) groups is 1. The summed E-state index contributed by atoms with van der Waals surface area (Å²) >= 11 is 0. The third kappa shape index (κ3) is 1.26. The van der Waals surface area contributed by atoms with Crippen LogP contribution in [0.1, 0.15) is 15.9 Å². The quantitative estimate of drug-likeness (QED) is 0.783. The number of hydrogen-bond donors (Lipinski definition) is 1. The first kappa shape index (κ1) is 8.80. The van der Waals surface area contributed by atoms with E-state index in [1.165, 1.54) is 12.1 Å². The van der Waals surface area contributed by atoms with Gasteiger partial charge in [-0.3, -0.25) is 0 Å². The van der Waals surface area contributed by atoms with Gasteiger partial charge in [-0.1, -0.05) is 0 Å². The second kappa shape index (κ2) is 3.17. The summed E-state index contributed by atoms with van der Waals surface area (Å²) in [6, 6.07) is 2.69. The Balaban J connectivity index is 2.57. The molecule has 0 amide bonds. The number of carboxylic acids is 1. The first-order valence-corrected chi connectivity index (χ1v) is 3.94. The van der Waals surface area contributed by atoms with Gasteiger partial charge < -0.3 is 14.6 Å². The van der Waals surface area contributed by atoms with Crippen LogP contribution < -0.4 is 9.47 Å². The van der Waals surface area contributed by atoms with Gasteiger partial charge in [-0.2, -0.15) is 0 Å². The van der Waals surface area contributed by atoms with E-state index in [9.17, 15) is 9.18 Å². The molecule has 4 nitrogen and oxygen atoms in total. The smallest absolute Gasteiger partial charge is 0.339 e. The van der Waals surface area contributed by atoms with Gasteiger partial charge in [0.05, 0.1) is 0 Å². The van der Waals surface area contributed by atoms with E-state index in [1.807, 2.05) is 0 Å². The van der Waals surface area contributed by atoms with Crippen LogP contribution >= 0.6 is 0 Å². The SMILES string of the molecule is O=C(O)c1cc(CF)cc2c1OCO2. The van der Waals surface area contributed by atoms with Crippen molar-refractivity contribution in [3.05, 3.63) is 23.3 Å². The largest absolute Gasteiger partial charge is 0.478 e. The number of fused-ring (bicyclic) bond motifs is 1. The Morgan fingerprint density at radius 1 is 1.50 bits per heavy atom. The van der Waals surface area contributed by atoms with E-state index < -0.39 is 12.6 Å². The van der Waals surface area contributed by atoms with Gasteiger partial charge >= 0.3 is 5.97 Å². The molecule has 1 N–H and O–H groups in total. The van der Waals surface area contributed by atoms with E-state index in [2.05, 4.69) is 0 Å². The highest BCUT2D eigenvalue weighted by molar-refractivity contribution is 5.92. The summed E-state index contributed by atoms with van der Waals surface area (Å²) in [6.45, 7) is -0.748. The van der Waals surface area contributed by atoms with Gasteiger partial charge in [0.1, 0.15) is 12.2 Å². The van der Waals surface area contributed by atoms with Crippen LogP contribution in [-0.2, 0) is 6.67 Å². The minimum absolute atomic E-state index is 0.0225. The number of benzene rings is 1. The van der Waals surface area contributed by atoms with Crippen molar-refractivity contribution in [3.8, 4) is 11.5 Å². The third-order valence-electron chi connectivity index (χ3n) is 1.92. The monoisotopic (exact) mass is 198 g/mol. The molecule has 0 radical (unpaired) electrons. The lowest BCUT2D eigenvalue weighted by Gasteiger charge is -2.03. The molecule has 2 rings (SSSR count). The molecule has 0 aliphatic carbocycles. The van der Waals surface area contributed by atoms with E-state index in [1.54, 1.807) is 0 Å². The minimum atomic E-state index is -1.15. The summed E-state index contributed by atoms with van der Waals surface area (Å²) in [5.41, 5.74) is 0.208. The maximum Gasteiger partial charge on any atom is 0.339 e. The van der Waals surface area contributed by atoms with Gasteiger partial charge in [0.2, 0.25) is 6.79 Å². The zero-order chi connectivity index (χ0) is 10.1. The average Bonchev–Trinajstić information content (AvgIpc) is 2.63. The van der Waals surface area contributed by atoms with E-state index in [-0.39, 0.29) is 29.4 Å². The van der Waals surface area contributed by atoms with Gasteiger partial charge in [0, 0.05) is 0 Å². The third-order valence-corrected chi connectivity index (χ3v) is 1.92. The molecule has 0 spiro atoms. The number of halogens is 1. The molecule has 1 aromatic carbocycles. The molecule has 0 bridgehead atoms. The van der Waals surface area contributed by atoms with E-state index in [0.717, 1.165) is 0 Å². The number of carboxylic acid groups (broad SMARTS) is 1. The highest BCUT2D eigenvalue weighted by Crippen LogP contribution is 2.37.